The van der Waals surface area contributed by atoms with Crippen LogP contribution in [0.2, 0.25) is 0 Å². The molecule has 4 rings (SSSR count). The van der Waals surface area contributed by atoms with Crippen molar-refractivity contribution in [1.29, 1.82) is 0 Å². The number of isothiocyanates is 4. The van der Waals surface area contributed by atoms with Gasteiger partial charge in [-0.1, -0.05) is 61.0 Å². The third-order valence-corrected chi connectivity index (χ3v) is 5.81. The van der Waals surface area contributed by atoms with Crippen molar-refractivity contribution in [2.45, 2.75) is 13.8 Å². The second-order valence-corrected chi connectivity index (χ2v) is 9.37. The summed E-state index contributed by atoms with van der Waals surface area (Å²) in [6.45, 7) is 15.2. The predicted octanol–water partition coefficient (Wildman–Crippen LogP) is 5.08. The Morgan fingerprint density at radius 3 is 1.19 bits per heavy atom. The molecule has 18 heteroatoms. The van der Waals surface area contributed by atoms with E-state index in [9.17, 15) is 0 Å². The number of pyridine rings is 2. The minimum atomic E-state index is 0. The van der Waals surface area contributed by atoms with Crippen LogP contribution in [0.5, 0.6) is 0 Å². The first kappa shape index (κ1) is 52.7. The Morgan fingerprint density at radius 2 is 0.938 bits per heavy atom. The summed E-state index contributed by atoms with van der Waals surface area (Å²) in [5.74, 6) is 0. The molecule has 0 aliphatic carbocycles. The first-order valence-electron chi connectivity index (χ1n) is 13.9. The quantitative estimate of drug-likeness (QED) is 0.199. The van der Waals surface area contributed by atoms with Crippen LogP contribution in [-0.4, -0.2) is 131 Å². The van der Waals surface area contributed by atoms with Crippen molar-refractivity contribution >= 4 is 80.9 Å². The summed E-state index contributed by atoms with van der Waals surface area (Å²) < 4.78 is 10.6. The van der Waals surface area contributed by atoms with Crippen molar-refractivity contribution in [3.05, 3.63) is 81.8 Å². The molecule has 2 fully saturated rings. The molecule has 2 aliphatic heterocycles. The minimum absolute atomic E-state index is 0. The molecule has 2 aromatic rings. The second-order valence-electron chi connectivity index (χ2n) is 8.64. The normalized spacial score (nSPS) is 13.6. The van der Waals surface area contributed by atoms with E-state index in [4.69, 9.17) is 31.1 Å². The number of hydrogen-bond acceptors (Lipinski definition) is 12. The Balaban J connectivity index is -0.000000295. The van der Waals surface area contributed by atoms with Crippen molar-refractivity contribution in [2.75, 3.05) is 78.8 Å². The summed E-state index contributed by atoms with van der Waals surface area (Å²) >= 11 is 14.8. The molecule has 0 unspecified atom stereocenters. The number of hydrogen-bond donors (Lipinski definition) is 0. The first-order chi connectivity index (χ1) is 22.4. The Morgan fingerprint density at radius 1 is 0.646 bits per heavy atom. The Labute approximate surface area is 331 Å². The van der Waals surface area contributed by atoms with E-state index in [1.165, 1.54) is 20.6 Å². The number of morpholine rings is 2. The molecule has 0 radical (unpaired) electrons. The average Bonchev–Trinajstić information content (AvgIpc) is 3.08. The molecule has 0 saturated carbocycles. The number of nitrogens with zero attached hydrogens (tertiary/aromatic N) is 10. The molecule has 0 bridgehead atoms. The topological polar surface area (TPSA) is 165 Å². The van der Waals surface area contributed by atoms with Gasteiger partial charge in [-0.15, -0.1) is 0 Å². The number of aliphatic imine (C=N–C) groups is 2. The predicted molar refractivity (Wildman–Crippen MR) is 201 cm³/mol. The average molecular weight is 830 g/mol. The number of thiocarbonyl (C=S) groups is 4. The van der Waals surface area contributed by atoms with Crippen molar-refractivity contribution in [3.63, 3.8) is 0 Å². The van der Waals surface area contributed by atoms with Gasteiger partial charge in [0.25, 0.3) is 0 Å². The van der Waals surface area contributed by atoms with Crippen LogP contribution in [0, 0.1) is 0 Å². The van der Waals surface area contributed by atoms with E-state index < -0.39 is 0 Å². The monoisotopic (exact) mass is 826 g/mol. The van der Waals surface area contributed by atoms with E-state index in [-0.39, 0.29) is 39.0 Å². The zero-order valence-corrected chi connectivity index (χ0v) is 36.6. The fourth-order valence-electron chi connectivity index (χ4n) is 3.68. The van der Waals surface area contributed by atoms with Gasteiger partial charge >= 0.3 is 39.0 Å². The summed E-state index contributed by atoms with van der Waals surface area (Å²) in [4.78, 5) is 22.5. The molecule has 12 nitrogen and oxygen atoms in total. The summed E-state index contributed by atoms with van der Waals surface area (Å²) in [7, 11) is 0. The summed E-state index contributed by atoms with van der Waals surface area (Å²) in [6.07, 6.45) is 3.60. The van der Waals surface area contributed by atoms with Crippen LogP contribution in [0.15, 0.2) is 58.8 Å². The Bertz CT molecular complexity index is 1120. The van der Waals surface area contributed by atoms with Gasteiger partial charge in [0.2, 0.25) is 0 Å². The van der Waals surface area contributed by atoms with Crippen molar-refractivity contribution in [3.8, 4) is 0 Å². The third kappa shape index (κ3) is 32.5. The van der Waals surface area contributed by atoms with E-state index in [1.54, 1.807) is 12.4 Å². The Hall–Kier alpha value is -2.07. The van der Waals surface area contributed by atoms with Crippen LogP contribution in [0.25, 0.3) is 21.6 Å². The van der Waals surface area contributed by atoms with Crippen LogP contribution in [0.1, 0.15) is 25.2 Å². The molecule has 4 heterocycles. The molecule has 0 N–H and O–H groups in total. The number of rotatable bonds is 8. The van der Waals surface area contributed by atoms with Crippen molar-refractivity contribution in [1.82, 2.24) is 19.8 Å². The zero-order valence-electron chi connectivity index (χ0n) is 27.4. The van der Waals surface area contributed by atoms with Gasteiger partial charge in [0.15, 0.2) is 0 Å². The Kier molecular flexibility index (Phi) is 45.2. The molecule has 2 aromatic heterocycles. The molecular weight excluding hydrogens is 791 g/mol. The summed E-state index contributed by atoms with van der Waals surface area (Å²) in [6, 6.07) is 11.8. The fraction of sp³-hybridized carbons (Fsp3) is 0.467. The van der Waals surface area contributed by atoms with Crippen LogP contribution in [0.4, 0.5) is 0 Å². The van der Waals surface area contributed by atoms with E-state index in [1.807, 2.05) is 50.2 Å². The minimum Gasteiger partial charge on any atom is -0.753 e. The van der Waals surface area contributed by atoms with Crippen LogP contribution in [0.3, 0.4) is 0 Å². The fourth-order valence-corrected chi connectivity index (χ4v) is 3.68. The molecule has 248 valence electrons. The van der Waals surface area contributed by atoms with Gasteiger partial charge in [-0.2, -0.15) is 20.6 Å². The van der Waals surface area contributed by atoms with Crippen LogP contribution in [-0.2, 0) is 48.4 Å². The number of ether oxygens (including phenoxy) is 2. The molecule has 2 aliphatic rings. The molecule has 2 saturated heterocycles. The zero-order chi connectivity index (χ0) is 34.7. The maximum Gasteiger partial charge on any atom is 2.00 e. The van der Waals surface area contributed by atoms with Crippen molar-refractivity contribution in [2.24, 2.45) is 9.98 Å². The molecule has 0 atom stereocenters. The summed E-state index contributed by atoms with van der Waals surface area (Å²) in [5.41, 5.74) is 3.96. The molecule has 0 aromatic carbocycles. The van der Waals surface area contributed by atoms with Gasteiger partial charge in [0.1, 0.15) is 0 Å². The first-order valence-corrected chi connectivity index (χ1v) is 15.5. The van der Waals surface area contributed by atoms with E-state index in [2.05, 4.69) is 78.6 Å². The van der Waals surface area contributed by atoms with Gasteiger partial charge in [0.05, 0.1) is 62.3 Å². The van der Waals surface area contributed by atoms with E-state index in [0.717, 1.165) is 102 Å². The van der Waals surface area contributed by atoms with Gasteiger partial charge in [0, 0.05) is 51.7 Å². The summed E-state index contributed by atoms with van der Waals surface area (Å²) in [5, 5.41) is 33.9. The van der Waals surface area contributed by atoms with E-state index >= 15 is 0 Å². The van der Waals surface area contributed by atoms with Gasteiger partial charge in [-0.3, -0.25) is 29.8 Å². The largest absolute Gasteiger partial charge is 2.00 e. The molecule has 0 amide bonds. The number of aromatic nitrogens is 2. The van der Waals surface area contributed by atoms with Gasteiger partial charge < -0.3 is 31.1 Å². The van der Waals surface area contributed by atoms with E-state index in [0.29, 0.717) is 0 Å². The maximum atomic E-state index is 7.13. The van der Waals surface area contributed by atoms with Gasteiger partial charge in [-0.25, -0.2) is 0 Å². The van der Waals surface area contributed by atoms with Crippen LogP contribution >= 0.6 is 48.9 Å². The third-order valence-electron chi connectivity index (χ3n) is 5.81. The van der Waals surface area contributed by atoms with Crippen molar-refractivity contribution < 1.29 is 48.4 Å². The van der Waals surface area contributed by atoms with Crippen LogP contribution < -0.4 is 0 Å². The standard InChI is InChI=1S/2C13H19N3O.4CNS.2Zn/c2*1-12(13-4-2-3-5-15-13)14-6-7-16-8-10-17-11-9-16;4*2-1-3;;/h2*2-5H,6-11H2,1H3;;;;;;/q;;4*-1;2*+2. The smallest absolute Gasteiger partial charge is 0.753 e. The molecule has 0 spiro atoms. The molecule has 48 heavy (non-hydrogen) atoms. The maximum absolute atomic E-state index is 7.13. The second kappa shape index (κ2) is 41.1. The molecular formula is C30H38N10O2S4Zn2. The van der Waals surface area contributed by atoms with Gasteiger partial charge in [-0.05, 0) is 38.1 Å². The SMILES string of the molecule is CC(=NCCN1CCOCC1)c1ccccn1.CC(=NCCN1CCOCC1)c1ccccn1.[N-]=C=S.[N-]=C=S.[N-]=C=S.[N-]=C=S.[Zn+2].[Zn+2].